The second-order valence-corrected chi connectivity index (χ2v) is 6.06. The van der Waals surface area contributed by atoms with E-state index in [4.69, 9.17) is 11.6 Å². The van der Waals surface area contributed by atoms with Crippen LogP contribution in [0.2, 0.25) is 4.34 Å². The molecule has 0 aliphatic heterocycles. The molecule has 1 heterocycles. The van der Waals surface area contributed by atoms with E-state index < -0.39 is 5.82 Å². The Morgan fingerprint density at radius 3 is 2.71 bits per heavy atom. The fourth-order valence-electron chi connectivity index (χ4n) is 1.46. The van der Waals surface area contributed by atoms with Crippen LogP contribution >= 0.6 is 38.9 Å². The van der Waals surface area contributed by atoms with Gasteiger partial charge in [-0.3, -0.25) is 4.79 Å². The zero-order valence-corrected chi connectivity index (χ0v) is 11.7. The normalized spacial score (nSPS) is 10.5. The molecule has 0 bridgehead atoms. The molecule has 2 aromatic rings. The molecule has 0 saturated carbocycles. The van der Waals surface area contributed by atoms with Crippen molar-refractivity contribution < 1.29 is 9.18 Å². The molecule has 0 unspecified atom stereocenters. The maximum absolute atomic E-state index is 13.5. The summed E-state index contributed by atoms with van der Waals surface area (Å²) in [6, 6.07) is 7.99. The molecule has 0 amide bonds. The van der Waals surface area contributed by atoms with Gasteiger partial charge in [-0.1, -0.05) is 17.7 Å². The van der Waals surface area contributed by atoms with Crippen molar-refractivity contribution in [2.45, 2.75) is 6.42 Å². The fraction of sp³-hybridized carbons (Fsp3) is 0.0833. The lowest BCUT2D eigenvalue weighted by Gasteiger charge is -2.03. The third kappa shape index (κ3) is 2.94. The topological polar surface area (TPSA) is 17.1 Å². The molecule has 0 atom stereocenters. The molecule has 1 aromatic carbocycles. The number of carbonyl (C=O) groups is 1. The van der Waals surface area contributed by atoms with Gasteiger partial charge in [0.2, 0.25) is 0 Å². The molecule has 88 valence electrons. The van der Waals surface area contributed by atoms with Crippen molar-refractivity contribution >= 4 is 44.7 Å². The van der Waals surface area contributed by atoms with Crippen LogP contribution in [0.4, 0.5) is 4.39 Å². The van der Waals surface area contributed by atoms with Gasteiger partial charge in [0.1, 0.15) is 5.82 Å². The minimum Gasteiger partial charge on any atom is -0.294 e. The van der Waals surface area contributed by atoms with E-state index in [9.17, 15) is 9.18 Å². The highest BCUT2D eigenvalue weighted by Gasteiger charge is 2.16. The van der Waals surface area contributed by atoms with E-state index in [1.165, 1.54) is 17.4 Å². The van der Waals surface area contributed by atoms with Gasteiger partial charge < -0.3 is 0 Å². The Hall–Kier alpha value is -0.710. The molecule has 0 spiro atoms. The molecule has 0 aliphatic rings. The molecule has 0 aliphatic carbocycles. The Morgan fingerprint density at radius 1 is 1.35 bits per heavy atom. The molecule has 1 aromatic heterocycles. The fourth-order valence-corrected chi connectivity index (χ4v) is 3.11. The Labute approximate surface area is 115 Å². The number of ketones is 1. The third-order valence-electron chi connectivity index (χ3n) is 2.21. The van der Waals surface area contributed by atoms with Gasteiger partial charge >= 0.3 is 0 Å². The van der Waals surface area contributed by atoms with Gasteiger partial charge in [-0.2, -0.15) is 0 Å². The van der Waals surface area contributed by atoms with Gasteiger partial charge in [0.25, 0.3) is 0 Å². The Balaban J connectivity index is 2.26. The van der Waals surface area contributed by atoms with Crippen molar-refractivity contribution in [2.24, 2.45) is 0 Å². The van der Waals surface area contributed by atoms with Gasteiger partial charge in [-0.15, -0.1) is 11.3 Å². The number of carbonyl (C=O) groups excluding carboxylic acids is 1. The minimum atomic E-state index is -0.507. The number of thiophene rings is 1. The lowest BCUT2D eigenvalue weighted by Crippen LogP contribution is -2.06. The number of hydrogen-bond acceptors (Lipinski definition) is 2. The summed E-state index contributed by atoms with van der Waals surface area (Å²) in [5, 5.41) is 0. The molecular formula is C12H7BrClFOS. The summed E-state index contributed by atoms with van der Waals surface area (Å²) in [6.45, 7) is 0. The van der Waals surface area contributed by atoms with Crippen molar-refractivity contribution in [3.63, 3.8) is 0 Å². The number of benzene rings is 1. The Morgan fingerprint density at radius 2 is 2.12 bits per heavy atom. The number of rotatable bonds is 3. The highest BCUT2D eigenvalue weighted by molar-refractivity contribution is 9.10. The quantitative estimate of drug-likeness (QED) is 0.742. The lowest BCUT2D eigenvalue weighted by atomic mass is 10.1. The molecule has 1 nitrogen and oxygen atoms in total. The van der Waals surface area contributed by atoms with Gasteiger partial charge in [0.05, 0.1) is 9.90 Å². The van der Waals surface area contributed by atoms with E-state index >= 15 is 0 Å². The van der Waals surface area contributed by atoms with Crippen LogP contribution in [0.5, 0.6) is 0 Å². The summed E-state index contributed by atoms with van der Waals surface area (Å²) in [4.78, 5) is 12.8. The highest BCUT2D eigenvalue weighted by atomic mass is 79.9. The van der Waals surface area contributed by atoms with Crippen molar-refractivity contribution in [3.8, 4) is 0 Å². The Kier molecular flexibility index (Phi) is 3.97. The predicted octanol–water partition coefficient (Wildman–Crippen LogP) is 4.73. The number of halogens is 3. The van der Waals surface area contributed by atoms with E-state index in [2.05, 4.69) is 15.9 Å². The van der Waals surface area contributed by atoms with Gasteiger partial charge in [0, 0.05) is 15.8 Å². The van der Waals surface area contributed by atoms with Crippen LogP contribution in [0, 0.1) is 5.82 Å². The van der Waals surface area contributed by atoms with Crippen LogP contribution in [0.3, 0.4) is 0 Å². The average Bonchev–Trinajstić information content (AvgIpc) is 2.63. The molecule has 0 fully saturated rings. The van der Waals surface area contributed by atoms with Crippen LogP contribution in [-0.2, 0) is 6.42 Å². The smallest absolute Gasteiger partial charge is 0.172 e. The van der Waals surface area contributed by atoms with E-state index in [0.717, 1.165) is 4.88 Å². The monoisotopic (exact) mass is 332 g/mol. The SMILES string of the molecule is O=C(Cc1ccc(Cl)s1)c1c(F)cccc1Br. The summed E-state index contributed by atoms with van der Waals surface area (Å²) in [6.07, 6.45) is 0.164. The number of hydrogen-bond donors (Lipinski definition) is 0. The summed E-state index contributed by atoms with van der Waals surface area (Å²) < 4.78 is 14.6. The van der Waals surface area contributed by atoms with Gasteiger partial charge in [-0.25, -0.2) is 4.39 Å². The zero-order valence-electron chi connectivity index (χ0n) is 8.54. The van der Waals surface area contributed by atoms with E-state index in [1.807, 2.05) is 0 Å². The average molecular weight is 334 g/mol. The van der Waals surface area contributed by atoms with Gasteiger partial charge in [0.15, 0.2) is 5.78 Å². The zero-order chi connectivity index (χ0) is 12.4. The largest absolute Gasteiger partial charge is 0.294 e. The standard InChI is InChI=1S/C12H7BrClFOS/c13-8-2-1-3-9(15)12(8)10(16)6-7-4-5-11(14)17-7/h1-5H,6H2. The Bertz CT molecular complexity index is 547. The van der Waals surface area contributed by atoms with Crippen molar-refractivity contribution in [1.82, 2.24) is 0 Å². The minimum absolute atomic E-state index is 0.0945. The van der Waals surface area contributed by atoms with Crippen LogP contribution in [-0.4, -0.2) is 5.78 Å². The van der Waals surface area contributed by atoms with Crippen molar-refractivity contribution in [1.29, 1.82) is 0 Å². The van der Waals surface area contributed by atoms with E-state index in [1.54, 1.807) is 24.3 Å². The lowest BCUT2D eigenvalue weighted by molar-refractivity contribution is 0.0989. The summed E-state index contributed by atoms with van der Waals surface area (Å²) >= 11 is 10.3. The molecule has 0 radical (unpaired) electrons. The molecule has 17 heavy (non-hydrogen) atoms. The summed E-state index contributed by atoms with van der Waals surface area (Å²) in [7, 11) is 0. The second kappa shape index (κ2) is 5.29. The van der Waals surface area contributed by atoms with Crippen molar-refractivity contribution in [2.75, 3.05) is 0 Å². The van der Waals surface area contributed by atoms with E-state index in [-0.39, 0.29) is 17.8 Å². The first-order valence-electron chi connectivity index (χ1n) is 4.79. The molecule has 2 rings (SSSR count). The molecule has 0 saturated heterocycles. The number of Topliss-reactive ketones (excluding diaryl/α,β-unsaturated/α-hetero) is 1. The molecular weight excluding hydrogens is 327 g/mol. The third-order valence-corrected chi connectivity index (χ3v) is 4.10. The summed E-state index contributed by atoms with van der Waals surface area (Å²) in [5.74, 6) is -0.763. The van der Waals surface area contributed by atoms with E-state index in [0.29, 0.717) is 8.81 Å². The second-order valence-electron chi connectivity index (χ2n) is 3.40. The highest BCUT2D eigenvalue weighted by Crippen LogP contribution is 2.25. The first-order valence-corrected chi connectivity index (χ1v) is 6.78. The van der Waals surface area contributed by atoms with Gasteiger partial charge in [-0.05, 0) is 40.2 Å². The maximum atomic E-state index is 13.5. The predicted molar refractivity (Wildman–Crippen MR) is 71.5 cm³/mol. The first kappa shape index (κ1) is 12.7. The molecule has 0 N–H and O–H groups in total. The van der Waals surface area contributed by atoms with Crippen LogP contribution in [0.25, 0.3) is 0 Å². The van der Waals surface area contributed by atoms with Crippen LogP contribution in [0.15, 0.2) is 34.8 Å². The van der Waals surface area contributed by atoms with Crippen LogP contribution in [0.1, 0.15) is 15.2 Å². The first-order chi connectivity index (χ1) is 8.08. The van der Waals surface area contributed by atoms with Crippen LogP contribution < -0.4 is 0 Å². The molecule has 5 heteroatoms. The summed E-state index contributed by atoms with van der Waals surface area (Å²) in [5.41, 5.74) is 0.0945. The maximum Gasteiger partial charge on any atom is 0.172 e. The van der Waals surface area contributed by atoms with Crippen molar-refractivity contribution in [3.05, 3.63) is 55.4 Å².